The molecule has 1 amide bonds. The summed E-state index contributed by atoms with van der Waals surface area (Å²) in [6.07, 6.45) is 5.80. The maximum atomic E-state index is 12.1. The number of rotatable bonds is 2. The van der Waals surface area contributed by atoms with E-state index in [0.29, 0.717) is 5.69 Å². The molecule has 0 spiro atoms. The quantitative estimate of drug-likeness (QED) is 0.834. The van der Waals surface area contributed by atoms with E-state index in [1.54, 1.807) is 5.38 Å². The highest BCUT2D eigenvalue weighted by Gasteiger charge is 2.33. The standard InChI is InChI=1S/C13H17N3OS/c1-10-15-11(8-18-10)12(17)16-13(9-14)6-4-2-3-5-7-13/h8H,2-7H2,1H3,(H,16,17). The van der Waals surface area contributed by atoms with Crippen molar-refractivity contribution in [3.63, 3.8) is 0 Å². The van der Waals surface area contributed by atoms with Crippen LogP contribution in [-0.2, 0) is 0 Å². The first-order chi connectivity index (χ1) is 8.65. The zero-order valence-electron chi connectivity index (χ0n) is 10.5. The smallest absolute Gasteiger partial charge is 0.272 e. The van der Waals surface area contributed by atoms with E-state index < -0.39 is 5.54 Å². The van der Waals surface area contributed by atoms with Crippen molar-refractivity contribution in [2.75, 3.05) is 0 Å². The lowest BCUT2D eigenvalue weighted by molar-refractivity contribution is 0.0908. The number of nitriles is 1. The lowest BCUT2D eigenvalue weighted by Crippen LogP contribution is -2.47. The van der Waals surface area contributed by atoms with Crippen LogP contribution in [0.1, 0.15) is 54.0 Å². The van der Waals surface area contributed by atoms with Crippen molar-refractivity contribution in [3.8, 4) is 6.07 Å². The maximum absolute atomic E-state index is 12.1. The lowest BCUT2D eigenvalue weighted by atomic mass is 9.92. The van der Waals surface area contributed by atoms with Gasteiger partial charge in [0.2, 0.25) is 0 Å². The van der Waals surface area contributed by atoms with Gasteiger partial charge in [0.05, 0.1) is 11.1 Å². The SMILES string of the molecule is Cc1nc(C(=O)NC2(C#N)CCCCCC2)cs1. The third-order valence-corrected chi connectivity index (χ3v) is 4.15. The van der Waals surface area contributed by atoms with E-state index in [9.17, 15) is 10.1 Å². The molecule has 5 heteroatoms. The predicted octanol–water partition coefficient (Wildman–Crippen LogP) is 2.80. The Morgan fingerprint density at radius 2 is 2.11 bits per heavy atom. The number of aromatic nitrogens is 1. The number of aryl methyl sites for hydroxylation is 1. The van der Waals surface area contributed by atoms with Crippen molar-refractivity contribution in [1.82, 2.24) is 10.3 Å². The molecule has 2 rings (SSSR count). The molecule has 0 aromatic carbocycles. The molecule has 96 valence electrons. The fraction of sp³-hybridized carbons (Fsp3) is 0.615. The van der Waals surface area contributed by atoms with E-state index in [0.717, 1.165) is 43.5 Å². The Morgan fingerprint density at radius 1 is 1.44 bits per heavy atom. The fourth-order valence-electron chi connectivity index (χ4n) is 2.35. The van der Waals surface area contributed by atoms with E-state index in [1.807, 2.05) is 6.92 Å². The maximum Gasteiger partial charge on any atom is 0.272 e. The molecular weight excluding hydrogens is 246 g/mol. The summed E-state index contributed by atoms with van der Waals surface area (Å²) >= 11 is 1.45. The highest BCUT2D eigenvalue weighted by molar-refractivity contribution is 7.09. The van der Waals surface area contributed by atoms with Crippen LogP contribution in [0.25, 0.3) is 0 Å². The van der Waals surface area contributed by atoms with Gasteiger partial charge in [-0.25, -0.2) is 4.98 Å². The second-order valence-corrected chi connectivity index (χ2v) is 5.88. The minimum absolute atomic E-state index is 0.220. The molecule has 18 heavy (non-hydrogen) atoms. The Labute approximate surface area is 111 Å². The highest BCUT2D eigenvalue weighted by atomic mass is 32.1. The van der Waals surface area contributed by atoms with Gasteiger partial charge in [-0.2, -0.15) is 5.26 Å². The van der Waals surface area contributed by atoms with Gasteiger partial charge in [-0.3, -0.25) is 4.79 Å². The summed E-state index contributed by atoms with van der Waals surface area (Å²) in [6, 6.07) is 2.31. The molecule has 0 radical (unpaired) electrons. The van der Waals surface area contributed by atoms with Crippen LogP contribution in [-0.4, -0.2) is 16.4 Å². The molecule has 0 saturated heterocycles. The molecule has 1 fully saturated rings. The van der Waals surface area contributed by atoms with Crippen LogP contribution in [0.15, 0.2) is 5.38 Å². The molecule has 1 heterocycles. The highest BCUT2D eigenvalue weighted by Crippen LogP contribution is 2.27. The van der Waals surface area contributed by atoms with Crippen LogP contribution in [0.3, 0.4) is 0 Å². The summed E-state index contributed by atoms with van der Waals surface area (Å²) < 4.78 is 0. The van der Waals surface area contributed by atoms with Gasteiger partial charge >= 0.3 is 0 Å². The monoisotopic (exact) mass is 263 g/mol. The molecule has 1 aromatic rings. The van der Waals surface area contributed by atoms with Crippen LogP contribution in [0, 0.1) is 18.3 Å². The van der Waals surface area contributed by atoms with Crippen LogP contribution in [0.4, 0.5) is 0 Å². The molecule has 1 saturated carbocycles. The molecule has 0 bridgehead atoms. The van der Waals surface area contributed by atoms with E-state index in [-0.39, 0.29) is 5.91 Å². The molecule has 1 aliphatic rings. The van der Waals surface area contributed by atoms with Crippen molar-refractivity contribution in [2.45, 2.75) is 51.0 Å². The van der Waals surface area contributed by atoms with Crippen LogP contribution >= 0.6 is 11.3 Å². The normalized spacial score (nSPS) is 18.7. The van der Waals surface area contributed by atoms with E-state index in [2.05, 4.69) is 16.4 Å². The van der Waals surface area contributed by atoms with Gasteiger partial charge in [-0.05, 0) is 19.8 Å². The lowest BCUT2D eigenvalue weighted by Gasteiger charge is -2.25. The van der Waals surface area contributed by atoms with Gasteiger partial charge in [0.15, 0.2) is 0 Å². The van der Waals surface area contributed by atoms with E-state index in [1.165, 1.54) is 11.3 Å². The molecule has 0 unspecified atom stereocenters. The zero-order chi connectivity index (χ0) is 13.0. The average Bonchev–Trinajstić information content (AvgIpc) is 2.66. The van der Waals surface area contributed by atoms with Crippen molar-refractivity contribution < 1.29 is 4.79 Å². The summed E-state index contributed by atoms with van der Waals surface area (Å²) in [5.41, 5.74) is -0.262. The number of thiazole rings is 1. The van der Waals surface area contributed by atoms with Crippen LogP contribution in [0.2, 0.25) is 0 Å². The average molecular weight is 263 g/mol. The Morgan fingerprint density at radius 3 is 2.61 bits per heavy atom. The summed E-state index contributed by atoms with van der Waals surface area (Å²) in [4.78, 5) is 16.2. The first-order valence-corrected chi connectivity index (χ1v) is 7.19. The topological polar surface area (TPSA) is 65.8 Å². The van der Waals surface area contributed by atoms with Gasteiger partial charge in [0, 0.05) is 5.38 Å². The van der Waals surface area contributed by atoms with Gasteiger partial charge in [-0.15, -0.1) is 11.3 Å². The van der Waals surface area contributed by atoms with Gasteiger partial charge in [-0.1, -0.05) is 25.7 Å². The first-order valence-electron chi connectivity index (χ1n) is 6.31. The van der Waals surface area contributed by atoms with Gasteiger partial charge < -0.3 is 5.32 Å². The minimum atomic E-state index is -0.689. The zero-order valence-corrected chi connectivity index (χ0v) is 11.3. The molecule has 1 N–H and O–H groups in total. The number of carbonyl (C=O) groups excluding carboxylic acids is 1. The van der Waals surface area contributed by atoms with Crippen molar-refractivity contribution in [3.05, 3.63) is 16.1 Å². The molecule has 4 nitrogen and oxygen atoms in total. The number of nitrogens with one attached hydrogen (secondary N) is 1. The Balaban J connectivity index is 2.10. The number of carbonyl (C=O) groups is 1. The number of hydrogen-bond donors (Lipinski definition) is 1. The summed E-state index contributed by atoms with van der Waals surface area (Å²) in [5.74, 6) is -0.220. The van der Waals surface area contributed by atoms with Crippen LogP contribution < -0.4 is 5.32 Å². The molecule has 0 atom stereocenters. The second kappa shape index (κ2) is 5.49. The Hall–Kier alpha value is -1.41. The van der Waals surface area contributed by atoms with Gasteiger partial charge in [0.25, 0.3) is 5.91 Å². The second-order valence-electron chi connectivity index (χ2n) is 4.81. The summed E-state index contributed by atoms with van der Waals surface area (Å²) in [5, 5.41) is 14.9. The van der Waals surface area contributed by atoms with Crippen molar-refractivity contribution in [1.29, 1.82) is 5.26 Å². The third kappa shape index (κ3) is 2.88. The third-order valence-electron chi connectivity index (χ3n) is 3.38. The van der Waals surface area contributed by atoms with Crippen molar-refractivity contribution in [2.24, 2.45) is 0 Å². The molecule has 1 aromatic heterocycles. The van der Waals surface area contributed by atoms with Crippen LogP contribution in [0.5, 0.6) is 0 Å². The Kier molecular flexibility index (Phi) is 3.97. The molecular formula is C13H17N3OS. The fourth-order valence-corrected chi connectivity index (χ4v) is 2.94. The number of amides is 1. The number of hydrogen-bond acceptors (Lipinski definition) is 4. The summed E-state index contributed by atoms with van der Waals surface area (Å²) in [7, 11) is 0. The molecule has 1 aliphatic carbocycles. The van der Waals surface area contributed by atoms with Gasteiger partial charge in [0.1, 0.15) is 11.2 Å². The Bertz CT molecular complexity index is 467. The largest absolute Gasteiger partial charge is 0.332 e. The number of nitrogens with zero attached hydrogens (tertiary/aromatic N) is 2. The summed E-state index contributed by atoms with van der Waals surface area (Å²) in [6.45, 7) is 1.87. The first kappa shape index (κ1) is 13.0. The predicted molar refractivity (Wildman–Crippen MR) is 70.4 cm³/mol. The van der Waals surface area contributed by atoms with E-state index >= 15 is 0 Å². The van der Waals surface area contributed by atoms with Crippen molar-refractivity contribution >= 4 is 17.2 Å². The van der Waals surface area contributed by atoms with E-state index in [4.69, 9.17) is 0 Å². The molecule has 0 aliphatic heterocycles. The minimum Gasteiger partial charge on any atom is -0.332 e.